The molecular formula is C21H25F2N3O5. The van der Waals surface area contributed by atoms with Gasteiger partial charge in [0.15, 0.2) is 17.5 Å². The first-order valence-corrected chi connectivity index (χ1v) is 9.56. The van der Waals surface area contributed by atoms with Gasteiger partial charge in [-0.1, -0.05) is 0 Å². The molecular weight excluding hydrogens is 412 g/mol. The highest BCUT2D eigenvalue weighted by molar-refractivity contribution is 5.79. The van der Waals surface area contributed by atoms with Gasteiger partial charge in [0.25, 0.3) is 0 Å². The minimum atomic E-state index is -2.95. The number of hydrogen-bond acceptors (Lipinski definition) is 6. The van der Waals surface area contributed by atoms with Crippen LogP contribution in [0, 0.1) is 0 Å². The van der Waals surface area contributed by atoms with Crippen LogP contribution in [0.1, 0.15) is 11.1 Å². The van der Waals surface area contributed by atoms with Gasteiger partial charge in [-0.2, -0.15) is 8.78 Å². The number of benzene rings is 2. The van der Waals surface area contributed by atoms with Crippen molar-refractivity contribution in [2.75, 3.05) is 34.6 Å². The molecule has 0 aliphatic carbocycles. The Morgan fingerprint density at radius 1 is 1.03 bits per heavy atom. The van der Waals surface area contributed by atoms with Crippen molar-refractivity contribution in [3.8, 4) is 28.7 Å². The van der Waals surface area contributed by atoms with Gasteiger partial charge in [0.1, 0.15) is 17.2 Å². The highest BCUT2D eigenvalue weighted by Gasteiger charge is 2.20. The van der Waals surface area contributed by atoms with Crippen LogP contribution in [0.5, 0.6) is 28.7 Å². The van der Waals surface area contributed by atoms with Crippen molar-refractivity contribution in [2.24, 2.45) is 4.99 Å². The van der Waals surface area contributed by atoms with Crippen LogP contribution in [-0.4, -0.2) is 47.2 Å². The van der Waals surface area contributed by atoms with Crippen molar-refractivity contribution >= 4 is 5.96 Å². The maximum Gasteiger partial charge on any atom is 0.387 e. The van der Waals surface area contributed by atoms with Gasteiger partial charge in [-0.05, 0) is 36.2 Å². The molecule has 31 heavy (non-hydrogen) atoms. The Kier molecular flexibility index (Phi) is 7.58. The summed E-state index contributed by atoms with van der Waals surface area (Å²) in [7, 11) is 4.85. The fraction of sp³-hybridized carbons (Fsp3) is 0.381. The Hall–Kier alpha value is -3.43. The second-order valence-electron chi connectivity index (χ2n) is 6.47. The lowest BCUT2D eigenvalue weighted by atomic mass is 10.1. The summed E-state index contributed by atoms with van der Waals surface area (Å²) < 4.78 is 51.4. The molecule has 0 atom stereocenters. The molecule has 1 heterocycles. The third kappa shape index (κ3) is 5.80. The van der Waals surface area contributed by atoms with Crippen molar-refractivity contribution in [1.82, 2.24) is 10.6 Å². The predicted octanol–water partition coefficient (Wildman–Crippen LogP) is 2.94. The van der Waals surface area contributed by atoms with Gasteiger partial charge in [-0.3, -0.25) is 4.99 Å². The lowest BCUT2D eigenvalue weighted by Crippen LogP contribution is -2.38. The first-order valence-electron chi connectivity index (χ1n) is 9.56. The molecule has 8 nitrogen and oxygen atoms in total. The number of nitrogens with zero attached hydrogens (tertiary/aromatic N) is 1. The molecule has 0 saturated carbocycles. The van der Waals surface area contributed by atoms with Crippen LogP contribution in [0.3, 0.4) is 0 Å². The minimum Gasteiger partial charge on any atom is -0.497 e. The number of hydrogen-bond donors (Lipinski definition) is 2. The molecule has 0 amide bonds. The number of nitrogens with one attached hydrogen (secondary N) is 2. The van der Waals surface area contributed by atoms with Crippen molar-refractivity contribution in [3.05, 3.63) is 41.5 Å². The lowest BCUT2D eigenvalue weighted by Gasteiger charge is -2.16. The predicted molar refractivity (Wildman–Crippen MR) is 111 cm³/mol. The van der Waals surface area contributed by atoms with Crippen LogP contribution in [0.4, 0.5) is 8.78 Å². The number of alkyl halides is 2. The van der Waals surface area contributed by atoms with Gasteiger partial charge in [0, 0.05) is 31.8 Å². The molecule has 1 aliphatic heterocycles. The summed E-state index contributed by atoms with van der Waals surface area (Å²) in [4.78, 5) is 4.17. The normalized spacial score (nSPS) is 12.6. The Balaban J connectivity index is 1.60. The summed E-state index contributed by atoms with van der Waals surface area (Å²) in [5.74, 6) is 2.87. The highest BCUT2D eigenvalue weighted by atomic mass is 19.3. The second kappa shape index (κ2) is 10.6. The molecule has 0 aromatic heterocycles. The summed E-state index contributed by atoms with van der Waals surface area (Å²) in [5.41, 5.74) is 1.47. The smallest absolute Gasteiger partial charge is 0.387 e. The van der Waals surface area contributed by atoms with Gasteiger partial charge in [0.05, 0.1) is 14.2 Å². The number of halogens is 2. The van der Waals surface area contributed by atoms with E-state index in [1.807, 2.05) is 18.2 Å². The van der Waals surface area contributed by atoms with Crippen LogP contribution in [0.15, 0.2) is 35.3 Å². The average Bonchev–Trinajstić information content (AvgIpc) is 3.22. The van der Waals surface area contributed by atoms with Crippen LogP contribution >= 0.6 is 0 Å². The molecule has 1 aliphatic rings. The van der Waals surface area contributed by atoms with E-state index in [1.54, 1.807) is 27.3 Å². The third-order valence-corrected chi connectivity index (χ3v) is 4.62. The van der Waals surface area contributed by atoms with E-state index < -0.39 is 6.61 Å². The van der Waals surface area contributed by atoms with E-state index in [2.05, 4.69) is 20.4 Å². The molecule has 0 fully saturated rings. The van der Waals surface area contributed by atoms with Gasteiger partial charge < -0.3 is 34.3 Å². The zero-order valence-electron chi connectivity index (χ0n) is 17.5. The largest absolute Gasteiger partial charge is 0.497 e. The monoisotopic (exact) mass is 437 g/mol. The van der Waals surface area contributed by atoms with Crippen molar-refractivity contribution in [3.63, 3.8) is 0 Å². The van der Waals surface area contributed by atoms with Gasteiger partial charge >= 0.3 is 6.61 Å². The number of methoxy groups -OCH3 is 2. The quantitative estimate of drug-likeness (QED) is 0.461. The lowest BCUT2D eigenvalue weighted by molar-refractivity contribution is -0.0505. The number of rotatable bonds is 9. The van der Waals surface area contributed by atoms with E-state index in [-0.39, 0.29) is 19.1 Å². The van der Waals surface area contributed by atoms with Gasteiger partial charge in [0.2, 0.25) is 6.79 Å². The van der Waals surface area contributed by atoms with Crippen LogP contribution in [0.2, 0.25) is 0 Å². The van der Waals surface area contributed by atoms with Crippen LogP contribution in [0.25, 0.3) is 0 Å². The van der Waals surface area contributed by atoms with Gasteiger partial charge in [-0.25, -0.2) is 0 Å². The molecule has 2 aromatic carbocycles. The molecule has 0 bridgehead atoms. The molecule has 0 saturated heterocycles. The topological polar surface area (TPSA) is 82.6 Å². The van der Waals surface area contributed by atoms with Gasteiger partial charge in [-0.15, -0.1) is 0 Å². The zero-order valence-corrected chi connectivity index (χ0v) is 17.5. The number of aliphatic imine (C=N–C) groups is 1. The Bertz CT molecular complexity index is 924. The van der Waals surface area contributed by atoms with Crippen molar-refractivity contribution in [1.29, 1.82) is 0 Å². The second-order valence-corrected chi connectivity index (χ2v) is 6.47. The third-order valence-electron chi connectivity index (χ3n) is 4.62. The molecule has 2 N–H and O–H groups in total. The standard InChI is InChI=1S/C21H25F2N3O5/c1-24-21(25-7-6-13-8-15(27-2)4-5-16(13)28-3)26-11-14-9-18-19(30-12-29-18)10-17(14)31-20(22)23/h4-5,8-10,20H,6-7,11-12H2,1-3H3,(H2,24,25,26). The molecule has 2 aromatic rings. The fourth-order valence-electron chi connectivity index (χ4n) is 3.10. The summed E-state index contributed by atoms with van der Waals surface area (Å²) in [6.07, 6.45) is 0.658. The number of guanidine groups is 1. The zero-order chi connectivity index (χ0) is 22.2. The minimum absolute atomic E-state index is 0.0170. The highest BCUT2D eigenvalue weighted by Crippen LogP contribution is 2.38. The molecule has 10 heteroatoms. The Morgan fingerprint density at radius 3 is 2.48 bits per heavy atom. The first-order chi connectivity index (χ1) is 15.0. The van der Waals surface area contributed by atoms with Crippen molar-refractivity contribution in [2.45, 2.75) is 19.6 Å². The number of ether oxygens (including phenoxy) is 5. The van der Waals surface area contributed by atoms with E-state index in [1.165, 1.54) is 6.07 Å². The Morgan fingerprint density at radius 2 is 1.81 bits per heavy atom. The first kappa shape index (κ1) is 22.3. The van der Waals surface area contributed by atoms with E-state index in [0.29, 0.717) is 36.0 Å². The Labute approximate surface area is 179 Å². The SMILES string of the molecule is CN=C(NCCc1cc(OC)ccc1OC)NCc1cc2c(cc1OC(F)F)OCO2. The number of fused-ring (bicyclic) bond motifs is 1. The van der Waals surface area contributed by atoms with E-state index in [9.17, 15) is 8.78 Å². The van der Waals surface area contributed by atoms with E-state index in [4.69, 9.17) is 18.9 Å². The van der Waals surface area contributed by atoms with Crippen LogP contribution in [-0.2, 0) is 13.0 Å². The van der Waals surface area contributed by atoms with E-state index in [0.717, 1.165) is 17.1 Å². The summed E-state index contributed by atoms with van der Waals surface area (Å²) in [5, 5.41) is 6.28. The molecule has 168 valence electrons. The summed E-state index contributed by atoms with van der Waals surface area (Å²) in [6, 6.07) is 8.61. The summed E-state index contributed by atoms with van der Waals surface area (Å²) in [6.45, 7) is -2.16. The maximum absolute atomic E-state index is 12.8. The summed E-state index contributed by atoms with van der Waals surface area (Å²) >= 11 is 0. The molecule has 0 spiro atoms. The van der Waals surface area contributed by atoms with Crippen LogP contribution < -0.4 is 34.3 Å². The fourth-order valence-corrected chi connectivity index (χ4v) is 3.10. The molecule has 3 rings (SSSR count). The molecule has 0 unspecified atom stereocenters. The molecule has 0 radical (unpaired) electrons. The van der Waals surface area contributed by atoms with Crippen molar-refractivity contribution < 1.29 is 32.5 Å². The maximum atomic E-state index is 12.8. The van der Waals surface area contributed by atoms with E-state index >= 15 is 0 Å². The average molecular weight is 437 g/mol.